The van der Waals surface area contributed by atoms with E-state index >= 15 is 0 Å². The number of fused-ring (bicyclic) bond motifs is 1. The Morgan fingerprint density at radius 1 is 1.37 bits per heavy atom. The molecule has 2 N–H and O–H groups in total. The van der Waals surface area contributed by atoms with Crippen molar-refractivity contribution in [1.29, 1.82) is 5.41 Å². The molecule has 0 aliphatic rings. The van der Waals surface area contributed by atoms with Crippen LogP contribution in [-0.2, 0) is 0 Å². The Hall–Kier alpha value is -1.19. The molecule has 0 fully saturated rings. The van der Waals surface area contributed by atoms with Gasteiger partial charge in [0.25, 0.3) is 0 Å². The lowest BCUT2D eigenvalue weighted by Crippen LogP contribution is -2.17. The molecule has 1 aromatic carbocycles. The van der Waals surface area contributed by atoms with Crippen molar-refractivity contribution in [2.45, 2.75) is 32.1 Å². The summed E-state index contributed by atoms with van der Waals surface area (Å²) in [6.07, 6.45) is 2.98. The highest BCUT2D eigenvalue weighted by Crippen LogP contribution is 2.33. The second kappa shape index (κ2) is 6.83. The third-order valence-electron chi connectivity index (χ3n) is 3.41. The molecule has 0 bridgehead atoms. The summed E-state index contributed by atoms with van der Waals surface area (Å²) in [7, 11) is 1.98. The lowest BCUT2D eigenvalue weighted by atomic mass is 9.94. The molecular weight excluding hydrogens is 252 g/mol. The van der Waals surface area contributed by atoms with Gasteiger partial charge in [-0.3, -0.25) is 0 Å². The maximum atomic E-state index is 8.31. The standard InChI is InChI=1S/C16H22N2S/c1-3-6-14(17)13(9-10-18-2)16-11-12-7-4-5-8-15(12)19-16/h4-5,7-8,11,13,17-18H,3,6,9-10H2,1-2H3. The summed E-state index contributed by atoms with van der Waals surface area (Å²) >= 11 is 1.84. The van der Waals surface area contributed by atoms with Gasteiger partial charge in [0.05, 0.1) is 0 Å². The van der Waals surface area contributed by atoms with Crippen molar-refractivity contribution < 1.29 is 0 Å². The van der Waals surface area contributed by atoms with Gasteiger partial charge in [0.15, 0.2) is 0 Å². The normalized spacial score (nSPS) is 12.7. The Morgan fingerprint density at radius 3 is 2.84 bits per heavy atom. The molecule has 19 heavy (non-hydrogen) atoms. The van der Waals surface area contributed by atoms with Crippen LogP contribution >= 0.6 is 11.3 Å². The van der Waals surface area contributed by atoms with E-state index in [1.165, 1.54) is 15.0 Å². The molecule has 0 saturated carbocycles. The van der Waals surface area contributed by atoms with Crippen LogP contribution in [0, 0.1) is 5.41 Å². The number of nitrogens with one attached hydrogen (secondary N) is 2. The highest BCUT2D eigenvalue weighted by molar-refractivity contribution is 7.19. The van der Waals surface area contributed by atoms with Crippen molar-refractivity contribution in [2.75, 3.05) is 13.6 Å². The Labute approximate surface area is 119 Å². The molecule has 0 aliphatic heterocycles. The predicted octanol–water partition coefficient (Wildman–Crippen LogP) is 4.41. The van der Waals surface area contributed by atoms with Gasteiger partial charge in [0.2, 0.25) is 0 Å². The van der Waals surface area contributed by atoms with Gasteiger partial charge >= 0.3 is 0 Å². The average molecular weight is 274 g/mol. The van der Waals surface area contributed by atoms with Gasteiger partial charge in [0.1, 0.15) is 0 Å². The minimum absolute atomic E-state index is 0.282. The van der Waals surface area contributed by atoms with Gasteiger partial charge < -0.3 is 10.7 Å². The number of rotatable bonds is 7. The highest BCUT2D eigenvalue weighted by Gasteiger charge is 2.18. The first-order chi connectivity index (χ1) is 9.26. The zero-order valence-electron chi connectivity index (χ0n) is 11.7. The van der Waals surface area contributed by atoms with Crippen LogP contribution in [0.3, 0.4) is 0 Å². The first-order valence-electron chi connectivity index (χ1n) is 6.96. The molecule has 0 aliphatic carbocycles. The summed E-state index contributed by atoms with van der Waals surface area (Å²) in [5, 5.41) is 12.8. The van der Waals surface area contributed by atoms with E-state index < -0.39 is 0 Å². The Kier molecular flexibility index (Phi) is 5.11. The van der Waals surface area contributed by atoms with Gasteiger partial charge in [-0.25, -0.2) is 0 Å². The first kappa shape index (κ1) is 14.2. The van der Waals surface area contributed by atoms with Gasteiger partial charge in [-0.2, -0.15) is 0 Å². The lowest BCUT2D eigenvalue weighted by Gasteiger charge is -2.16. The second-order valence-electron chi connectivity index (χ2n) is 4.91. The third-order valence-corrected chi connectivity index (χ3v) is 4.64. The number of benzene rings is 1. The van der Waals surface area contributed by atoms with E-state index in [0.717, 1.165) is 31.5 Å². The van der Waals surface area contributed by atoms with Crippen molar-refractivity contribution in [3.8, 4) is 0 Å². The smallest absolute Gasteiger partial charge is 0.0345 e. The van der Waals surface area contributed by atoms with Crippen LogP contribution in [0.4, 0.5) is 0 Å². The molecule has 1 heterocycles. The van der Waals surface area contributed by atoms with Crippen LogP contribution in [-0.4, -0.2) is 19.3 Å². The number of hydrogen-bond donors (Lipinski definition) is 2. The quantitative estimate of drug-likeness (QED) is 0.721. The summed E-state index contributed by atoms with van der Waals surface area (Å²) in [5.74, 6) is 0.282. The minimum Gasteiger partial charge on any atom is -0.320 e. The van der Waals surface area contributed by atoms with Crippen LogP contribution in [0.1, 0.15) is 37.0 Å². The third kappa shape index (κ3) is 3.43. The average Bonchev–Trinajstić information content (AvgIpc) is 2.83. The predicted molar refractivity (Wildman–Crippen MR) is 85.7 cm³/mol. The maximum Gasteiger partial charge on any atom is 0.0345 e. The molecule has 1 aromatic heterocycles. The van der Waals surface area contributed by atoms with E-state index in [9.17, 15) is 0 Å². The molecule has 102 valence electrons. The summed E-state index contributed by atoms with van der Waals surface area (Å²) < 4.78 is 1.33. The van der Waals surface area contributed by atoms with Crippen molar-refractivity contribution in [3.63, 3.8) is 0 Å². The van der Waals surface area contributed by atoms with Crippen LogP contribution in [0.25, 0.3) is 10.1 Å². The fourth-order valence-electron chi connectivity index (χ4n) is 2.39. The molecule has 1 unspecified atom stereocenters. The molecule has 1 atom stereocenters. The van der Waals surface area contributed by atoms with E-state index in [2.05, 4.69) is 42.6 Å². The monoisotopic (exact) mass is 274 g/mol. The maximum absolute atomic E-state index is 8.31. The molecule has 2 nitrogen and oxygen atoms in total. The molecule has 0 radical (unpaired) electrons. The SMILES string of the molecule is CCCC(=N)C(CCNC)c1cc2ccccc2s1. The molecule has 0 spiro atoms. The summed E-state index contributed by atoms with van der Waals surface area (Å²) in [5.41, 5.74) is 0.879. The van der Waals surface area contributed by atoms with Crippen molar-refractivity contribution in [3.05, 3.63) is 35.2 Å². The molecular formula is C16H22N2S. The van der Waals surface area contributed by atoms with Gasteiger partial charge in [-0.15, -0.1) is 11.3 Å². The second-order valence-corrected chi connectivity index (χ2v) is 6.02. The first-order valence-corrected chi connectivity index (χ1v) is 7.78. The summed E-state index contributed by atoms with van der Waals surface area (Å²) in [6, 6.07) is 10.8. The number of thiophene rings is 1. The minimum atomic E-state index is 0.282. The largest absolute Gasteiger partial charge is 0.320 e. The Bertz CT molecular complexity index is 511. The van der Waals surface area contributed by atoms with Crippen LogP contribution in [0.15, 0.2) is 30.3 Å². The van der Waals surface area contributed by atoms with Crippen LogP contribution in [0.2, 0.25) is 0 Å². The molecule has 0 saturated heterocycles. The van der Waals surface area contributed by atoms with Crippen molar-refractivity contribution in [2.24, 2.45) is 0 Å². The zero-order valence-corrected chi connectivity index (χ0v) is 12.5. The van der Waals surface area contributed by atoms with Gasteiger partial charge in [-0.05, 0) is 44.0 Å². The van der Waals surface area contributed by atoms with E-state index in [1.54, 1.807) is 0 Å². The van der Waals surface area contributed by atoms with E-state index in [1.807, 2.05) is 18.4 Å². The fourth-order valence-corrected chi connectivity index (χ4v) is 3.63. The van der Waals surface area contributed by atoms with Gasteiger partial charge in [0, 0.05) is 21.2 Å². The Balaban J connectivity index is 2.27. The van der Waals surface area contributed by atoms with E-state index in [0.29, 0.717) is 0 Å². The fraction of sp³-hybridized carbons (Fsp3) is 0.438. The topological polar surface area (TPSA) is 35.9 Å². The van der Waals surface area contributed by atoms with Crippen LogP contribution in [0.5, 0.6) is 0 Å². The molecule has 2 aromatic rings. The summed E-state index contributed by atoms with van der Waals surface area (Å²) in [4.78, 5) is 1.34. The highest BCUT2D eigenvalue weighted by atomic mass is 32.1. The lowest BCUT2D eigenvalue weighted by molar-refractivity contribution is 0.688. The van der Waals surface area contributed by atoms with E-state index in [4.69, 9.17) is 5.41 Å². The summed E-state index contributed by atoms with van der Waals surface area (Å²) in [6.45, 7) is 3.11. The zero-order chi connectivity index (χ0) is 13.7. The van der Waals surface area contributed by atoms with E-state index in [-0.39, 0.29) is 5.92 Å². The molecule has 2 rings (SSSR count). The molecule has 0 amide bonds. The number of hydrogen-bond acceptors (Lipinski definition) is 3. The van der Waals surface area contributed by atoms with Crippen molar-refractivity contribution >= 4 is 27.1 Å². The van der Waals surface area contributed by atoms with Crippen LogP contribution < -0.4 is 5.32 Å². The molecule has 3 heteroatoms. The van der Waals surface area contributed by atoms with Gasteiger partial charge in [-0.1, -0.05) is 31.5 Å². The Morgan fingerprint density at radius 2 is 2.16 bits per heavy atom. The van der Waals surface area contributed by atoms with Crippen molar-refractivity contribution in [1.82, 2.24) is 5.32 Å².